The number of nitrogens with one attached hydrogen (secondary N) is 1. The predicted molar refractivity (Wildman–Crippen MR) is 75.1 cm³/mol. The van der Waals surface area contributed by atoms with E-state index in [2.05, 4.69) is 9.97 Å². The van der Waals surface area contributed by atoms with Gasteiger partial charge in [-0.1, -0.05) is 11.8 Å². The van der Waals surface area contributed by atoms with Crippen LogP contribution < -0.4 is 4.74 Å². The van der Waals surface area contributed by atoms with Crippen LogP contribution in [-0.2, 0) is 4.74 Å². The van der Waals surface area contributed by atoms with Crippen molar-refractivity contribution in [2.75, 3.05) is 19.5 Å². The minimum absolute atomic E-state index is 0.184. The first-order chi connectivity index (χ1) is 9.67. The third kappa shape index (κ3) is 2.62. The molecule has 1 fully saturated rings. The molecule has 3 unspecified atom stereocenters. The second-order valence-corrected chi connectivity index (χ2v) is 5.67. The van der Waals surface area contributed by atoms with Crippen molar-refractivity contribution in [2.24, 2.45) is 0 Å². The number of rotatable bonds is 4. The molecule has 20 heavy (non-hydrogen) atoms. The topological polar surface area (TPSA) is 87.6 Å². The van der Waals surface area contributed by atoms with Crippen molar-refractivity contribution in [3.05, 3.63) is 18.2 Å². The number of benzene rings is 1. The lowest BCUT2D eigenvalue weighted by molar-refractivity contribution is 0.0337. The van der Waals surface area contributed by atoms with Crippen LogP contribution >= 0.6 is 11.8 Å². The molecule has 0 amide bonds. The van der Waals surface area contributed by atoms with Crippen molar-refractivity contribution in [1.29, 1.82) is 0 Å². The average molecular weight is 296 g/mol. The lowest BCUT2D eigenvalue weighted by Crippen LogP contribution is -2.31. The van der Waals surface area contributed by atoms with Crippen molar-refractivity contribution >= 4 is 22.8 Å². The SMILES string of the molecule is COc1ccc2nc(SCC3OCC(O)C3O)[nH]c2c1. The summed E-state index contributed by atoms with van der Waals surface area (Å²) < 4.78 is 10.5. The zero-order valence-electron chi connectivity index (χ0n) is 10.9. The molecule has 1 aromatic carbocycles. The number of methoxy groups -OCH3 is 1. The van der Waals surface area contributed by atoms with Gasteiger partial charge in [-0.2, -0.15) is 0 Å². The number of ether oxygens (including phenoxy) is 2. The molecule has 0 aliphatic carbocycles. The second kappa shape index (κ2) is 5.61. The smallest absolute Gasteiger partial charge is 0.166 e. The molecular formula is C13H16N2O4S. The second-order valence-electron chi connectivity index (χ2n) is 4.67. The maximum Gasteiger partial charge on any atom is 0.166 e. The molecule has 3 rings (SSSR count). The molecule has 0 radical (unpaired) electrons. The van der Waals surface area contributed by atoms with Crippen LogP contribution in [-0.4, -0.2) is 58.0 Å². The third-order valence-electron chi connectivity index (χ3n) is 3.31. The number of aromatic amines is 1. The van der Waals surface area contributed by atoms with Crippen LogP contribution in [0, 0.1) is 0 Å². The van der Waals surface area contributed by atoms with E-state index in [0.29, 0.717) is 5.75 Å². The quantitative estimate of drug-likeness (QED) is 0.723. The van der Waals surface area contributed by atoms with Gasteiger partial charge in [-0.15, -0.1) is 0 Å². The van der Waals surface area contributed by atoms with E-state index in [-0.39, 0.29) is 12.7 Å². The van der Waals surface area contributed by atoms with Gasteiger partial charge in [0.25, 0.3) is 0 Å². The van der Waals surface area contributed by atoms with E-state index in [4.69, 9.17) is 9.47 Å². The van der Waals surface area contributed by atoms with Crippen LogP contribution in [0.2, 0.25) is 0 Å². The maximum atomic E-state index is 9.71. The molecule has 0 bridgehead atoms. The Morgan fingerprint density at radius 1 is 1.50 bits per heavy atom. The number of H-pyrrole nitrogens is 1. The standard InChI is InChI=1S/C13H16N2O4S/c1-18-7-2-3-8-9(4-7)15-13(14-8)20-6-11-12(17)10(16)5-19-11/h2-4,10-12,16-17H,5-6H2,1H3,(H,14,15). The Morgan fingerprint density at radius 2 is 2.35 bits per heavy atom. The van der Waals surface area contributed by atoms with Crippen LogP contribution in [0.1, 0.15) is 0 Å². The highest BCUT2D eigenvalue weighted by Gasteiger charge is 2.34. The first kappa shape index (κ1) is 13.7. The molecule has 7 heteroatoms. The van der Waals surface area contributed by atoms with E-state index >= 15 is 0 Å². The summed E-state index contributed by atoms with van der Waals surface area (Å²) in [5.41, 5.74) is 1.76. The summed E-state index contributed by atoms with van der Waals surface area (Å²) in [6, 6.07) is 5.63. The normalized spacial score (nSPS) is 26.2. The van der Waals surface area contributed by atoms with E-state index in [0.717, 1.165) is 21.9 Å². The Hall–Kier alpha value is -1.28. The number of aliphatic hydroxyl groups excluding tert-OH is 2. The Balaban J connectivity index is 1.68. The van der Waals surface area contributed by atoms with Gasteiger partial charge in [-0.3, -0.25) is 0 Å². The summed E-state index contributed by atoms with van der Waals surface area (Å²) >= 11 is 1.46. The zero-order chi connectivity index (χ0) is 14.1. The summed E-state index contributed by atoms with van der Waals surface area (Å²) in [5, 5.41) is 19.9. The zero-order valence-corrected chi connectivity index (χ0v) is 11.8. The van der Waals surface area contributed by atoms with Crippen LogP contribution in [0.4, 0.5) is 0 Å². The minimum atomic E-state index is -0.827. The van der Waals surface area contributed by atoms with Crippen LogP contribution in [0.15, 0.2) is 23.4 Å². The van der Waals surface area contributed by atoms with Gasteiger partial charge in [0.05, 0.1) is 30.9 Å². The van der Waals surface area contributed by atoms with Crippen molar-refractivity contribution < 1.29 is 19.7 Å². The number of hydrogen-bond donors (Lipinski definition) is 3. The molecule has 3 atom stereocenters. The van der Waals surface area contributed by atoms with Gasteiger partial charge in [-0.05, 0) is 12.1 Å². The monoisotopic (exact) mass is 296 g/mol. The molecule has 3 N–H and O–H groups in total. The summed E-state index contributed by atoms with van der Waals surface area (Å²) in [6.45, 7) is 0.184. The number of hydrogen-bond acceptors (Lipinski definition) is 6. The van der Waals surface area contributed by atoms with Crippen molar-refractivity contribution in [1.82, 2.24) is 9.97 Å². The molecule has 2 aromatic rings. The number of thioether (sulfide) groups is 1. The van der Waals surface area contributed by atoms with Gasteiger partial charge in [-0.25, -0.2) is 4.98 Å². The Bertz CT molecular complexity index is 603. The Morgan fingerprint density at radius 3 is 3.05 bits per heavy atom. The third-order valence-corrected chi connectivity index (χ3v) is 4.27. The fourth-order valence-corrected chi connectivity index (χ4v) is 3.10. The highest BCUT2D eigenvalue weighted by molar-refractivity contribution is 7.99. The minimum Gasteiger partial charge on any atom is -0.497 e. The summed E-state index contributed by atoms with van der Waals surface area (Å²) in [7, 11) is 1.62. The van der Waals surface area contributed by atoms with E-state index in [9.17, 15) is 10.2 Å². The van der Waals surface area contributed by atoms with Gasteiger partial charge < -0.3 is 24.7 Å². The summed E-state index contributed by atoms with van der Waals surface area (Å²) in [6.07, 6.45) is -1.98. The largest absolute Gasteiger partial charge is 0.497 e. The molecule has 1 aliphatic rings. The van der Waals surface area contributed by atoms with Crippen molar-refractivity contribution in [3.8, 4) is 5.75 Å². The molecule has 6 nitrogen and oxygen atoms in total. The number of fused-ring (bicyclic) bond motifs is 1. The summed E-state index contributed by atoms with van der Waals surface area (Å²) in [4.78, 5) is 7.64. The highest BCUT2D eigenvalue weighted by Crippen LogP contribution is 2.26. The molecule has 2 heterocycles. The lowest BCUT2D eigenvalue weighted by Gasteiger charge is -2.13. The van der Waals surface area contributed by atoms with E-state index < -0.39 is 12.2 Å². The Kier molecular flexibility index (Phi) is 3.84. The van der Waals surface area contributed by atoms with Gasteiger partial charge in [0, 0.05) is 11.8 Å². The molecular weight excluding hydrogens is 280 g/mol. The van der Waals surface area contributed by atoms with Crippen molar-refractivity contribution in [3.63, 3.8) is 0 Å². The van der Waals surface area contributed by atoms with E-state index in [1.165, 1.54) is 11.8 Å². The summed E-state index contributed by atoms with van der Waals surface area (Å²) in [5.74, 6) is 1.31. The van der Waals surface area contributed by atoms with Crippen LogP contribution in [0.3, 0.4) is 0 Å². The first-order valence-electron chi connectivity index (χ1n) is 6.31. The number of aromatic nitrogens is 2. The fourth-order valence-electron chi connectivity index (χ4n) is 2.14. The lowest BCUT2D eigenvalue weighted by atomic mass is 10.2. The van der Waals surface area contributed by atoms with Gasteiger partial charge in [0.1, 0.15) is 18.0 Å². The Labute approximate surface area is 120 Å². The van der Waals surface area contributed by atoms with Gasteiger partial charge in [0.2, 0.25) is 0 Å². The van der Waals surface area contributed by atoms with Crippen LogP contribution in [0.25, 0.3) is 11.0 Å². The van der Waals surface area contributed by atoms with E-state index in [1.807, 2.05) is 18.2 Å². The number of nitrogens with zero attached hydrogens (tertiary/aromatic N) is 1. The molecule has 108 valence electrons. The maximum absolute atomic E-state index is 9.71. The molecule has 1 aromatic heterocycles. The average Bonchev–Trinajstić information content (AvgIpc) is 3.00. The number of imidazole rings is 1. The number of aliphatic hydroxyl groups is 2. The molecule has 1 saturated heterocycles. The first-order valence-corrected chi connectivity index (χ1v) is 7.30. The highest BCUT2D eigenvalue weighted by atomic mass is 32.2. The molecule has 0 spiro atoms. The fraction of sp³-hybridized carbons (Fsp3) is 0.462. The van der Waals surface area contributed by atoms with Gasteiger partial charge in [0.15, 0.2) is 5.16 Å². The van der Waals surface area contributed by atoms with E-state index in [1.54, 1.807) is 7.11 Å². The molecule has 1 aliphatic heterocycles. The molecule has 0 saturated carbocycles. The van der Waals surface area contributed by atoms with Gasteiger partial charge >= 0.3 is 0 Å². The predicted octanol–water partition coefficient (Wildman–Crippen LogP) is 0.784. The van der Waals surface area contributed by atoms with Crippen molar-refractivity contribution in [2.45, 2.75) is 23.5 Å². The van der Waals surface area contributed by atoms with Crippen LogP contribution in [0.5, 0.6) is 5.75 Å².